The summed E-state index contributed by atoms with van der Waals surface area (Å²) in [5, 5.41) is 11.9. The third-order valence-corrected chi connectivity index (χ3v) is 3.91. The van der Waals surface area contributed by atoms with E-state index >= 15 is 0 Å². The second-order valence-electron chi connectivity index (χ2n) is 5.61. The van der Waals surface area contributed by atoms with E-state index in [0.717, 1.165) is 0 Å². The van der Waals surface area contributed by atoms with Crippen molar-refractivity contribution in [2.45, 2.75) is 31.7 Å². The minimum Gasteiger partial charge on any atom is -0.483 e. The average Bonchev–Trinajstić information content (AvgIpc) is 2.53. The number of nitrogens with two attached hydrogens (primary N) is 1. The first kappa shape index (κ1) is 16.8. The van der Waals surface area contributed by atoms with Gasteiger partial charge in [-0.05, 0) is 37.8 Å². The minimum atomic E-state index is -0.778. The molecule has 4 N–H and O–H groups in total. The highest BCUT2D eigenvalue weighted by Gasteiger charge is 2.27. The van der Waals surface area contributed by atoms with Gasteiger partial charge in [0.05, 0.1) is 11.5 Å². The number of ether oxygens (including phenoxy) is 1. The standard InChI is InChI=1S/C16H20N2O5/c17-14(19)9-23-13-4-2-1-3-12(13)15(20)18-11-7-5-10(6-8-11)16(21)22/h1-4,10-11H,5-9H2,(H2,17,19)(H,18,20)(H,21,22). The maximum atomic E-state index is 12.4. The molecule has 0 radical (unpaired) electrons. The van der Waals surface area contributed by atoms with Gasteiger partial charge in [-0.2, -0.15) is 0 Å². The summed E-state index contributed by atoms with van der Waals surface area (Å²) in [6.45, 7) is -0.298. The van der Waals surface area contributed by atoms with E-state index in [1.54, 1.807) is 24.3 Å². The van der Waals surface area contributed by atoms with Crippen LogP contribution in [-0.4, -0.2) is 35.5 Å². The van der Waals surface area contributed by atoms with Gasteiger partial charge in [-0.15, -0.1) is 0 Å². The van der Waals surface area contributed by atoms with Gasteiger partial charge in [0.1, 0.15) is 5.75 Å². The van der Waals surface area contributed by atoms with E-state index in [-0.39, 0.29) is 24.5 Å². The third kappa shape index (κ3) is 4.70. The maximum Gasteiger partial charge on any atom is 0.306 e. The molecule has 0 unspecified atom stereocenters. The normalized spacial score (nSPS) is 20.5. The lowest BCUT2D eigenvalue weighted by Gasteiger charge is -2.27. The van der Waals surface area contributed by atoms with Crippen LogP contribution < -0.4 is 15.8 Å². The molecule has 0 atom stereocenters. The molecule has 7 nitrogen and oxygen atoms in total. The molecule has 1 saturated carbocycles. The molecule has 0 aliphatic heterocycles. The van der Waals surface area contributed by atoms with Gasteiger partial charge in [0, 0.05) is 6.04 Å². The first-order chi connectivity index (χ1) is 11.0. The third-order valence-electron chi connectivity index (χ3n) is 3.91. The number of benzene rings is 1. The van der Waals surface area contributed by atoms with E-state index in [1.807, 2.05) is 0 Å². The summed E-state index contributed by atoms with van der Waals surface area (Å²) in [4.78, 5) is 34.1. The van der Waals surface area contributed by atoms with Gasteiger partial charge in [-0.25, -0.2) is 0 Å². The number of hydrogen-bond donors (Lipinski definition) is 3. The van der Waals surface area contributed by atoms with Crippen LogP contribution in [0.1, 0.15) is 36.0 Å². The summed E-state index contributed by atoms with van der Waals surface area (Å²) < 4.78 is 5.24. The number of aliphatic carboxylic acids is 1. The number of rotatable bonds is 6. The van der Waals surface area contributed by atoms with Crippen molar-refractivity contribution in [3.8, 4) is 5.75 Å². The highest BCUT2D eigenvalue weighted by Crippen LogP contribution is 2.25. The molecular formula is C16H20N2O5. The Balaban J connectivity index is 1.96. The number of amides is 2. The first-order valence-electron chi connectivity index (χ1n) is 7.51. The number of hydrogen-bond acceptors (Lipinski definition) is 4. The fourth-order valence-corrected chi connectivity index (χ4v) is 2.68. The molecule has 0 heterocycles. The first-order valence-corrected chi connectivity index (χ1v) is 7.51. The molecule has 2 amide bonds. The van der Waals surface area contributed by atoms with Crippen LogP contribution in [0.2, 0.25) is 0 Å². The number of carboxylic acids is 1. The molecule has 7 heteroatoms. The molecule has 0 saturated heterocycles. The number of carbonyl (C=O) groups is 3. The zero-order chi connectivity index (χ0) is 16.8. The molecule has 1 aliphatic rings. The van der Waals surface area contributed by atoms with Crippen molar-refractivity contribution in [2.75, 3.05) is 6.61 Å². The van der Waals surface area contributed by atoms with E-state index in [2.05, 4.69) is 5.32 Å². The zero-order valence-electron chi connectivity index (χ0n) is 12.7. The predicted molar refractivity (Wildman–Crippen MR) is 82.0 cm³/mol. The van der Waals surface area contributed by atoms with Crippen molar-refractivity contribution >= 4 is 17.8 Å². The van der Waals surface area contributed by atoms with E-state index in [4.69, 9.17) is 15.6 Å². The fourth-order valence-electron chi connectivity index (χ4n) is 2.68. The van der Waals surface area contributed by atoms with Crippen LogP contribution >= 0.6 is 0 Å². The molecule has 124 valence electrons. The molecule has 2 rings (SSSR count). The maximum absolute atomic E-state index is 12.4. The smallest absolute Gasteiger partial charge is 0.306 e. The van der Waals surface area contributed by atoms with Crippen molar-refractivity contribution in [3.63, 3.8) is 0 Å². The fraction of sp³-hybridized carbons (Fsp3) is 0.438. The lowest BCUT2D eigenvalue weighted by atomic mass is 9.86. The lowest BCUT2D eigenvalue weighted by Crippen LogP contribution is -2.38. The van der Waals surface area contributed by atoms with Crippen molar-refractivity contribution in [1.29, 1.82) is 0 Å². The van der Waals surface area contributed by atoms with Crippen molar-refractivity contribution in [2.24, 2.45) is 11.7 Å². The summed E-state index contributed by atoms with van der Waals surface area (Å²) in [7, 11) is 0. The summed E-state index contributed by atoms with van der Waals surface area (Å²) in [6.07, 6.45) is 2.38. The number of nitrogens with one attached hydrogen (secondary N) is 1. The van der Waals surface area contributed by atoms with Gasteiger partial charge >= 0.3 is 5.97 Å². The Labute approximate surface area is 133 Å². The summed E-state index contributed by atoms with van der Waals surface area (Å²) in [6, 6.07) is 6.55. The van der Waals surface area contributed by atoms with Gasteiger partial charge in [0.25, 0.3) is 11.8 Å². The number of carbonyl (C=O) groups excluding carboxylic acids is 2. The van der Waals surface area contributed by atoms with Gasteiger partial charge in [0.15, 0.2) is 6.61 Å². The highest BCUT2D eigenvalue weighted by atomic mass is 16.5. The van der Waals surface area contributed by atoms with Gasteiger partial charge in [-0.1, -0.05) is 12.1 Å². The lowest BCUT2D eigenvalue weighted by molar-refractivity contribution is -0.142. The Bertz CT molecular complexity index is 594. The second-order valence-corrected chi connectivity index (χ2v) is 5.61. The van der Waals surface area contributed by atoms with Crippen molar-refractivity contribution < 1.29 is 24.2 Å². The summed E-state index contributed by atoms with van der Waals surface area (Å²) in [5.41, 5.74) is 5.37. The Morgan fingerprint density at radius 2 is 1.83 bits per heavy atom. The summed E-state index contributed by atoms with van der Waals surface area (Å²) >= 11 is 0. The van der Waals surface area contributed by atoms with Gasteiger partial charge < -0.3 is 20.9 Å². The number of primary amides is 1. The Kier molecular flexibility index (Phi) is 5.56. The molecule has 1 aromatic carbocycles. The highest BCUT2D eigenvalue weighted by molar-refractivity contribution is 5.97. The zero-order valence-corrected chi connectivity index (χ0v) is 12.7. The Hall–Kier alpha value is -2.57. The molecule has 0 aromatic heterocycles. The van der Waals surface area contributed by atoms with Crippen molar-refractivity contribution in [1.82, 2.24) is 5.32 Å². The monoisotopic (exact) mass is 320 g/mol. The number of para-hydroxylation sites is 1. The molecular weight excluding hydrogens is 300 g/mol. The van der Waals surface area contributed by atoms with Crippen LogP contribution in [-0.2, 0) is 9.59 Å². The van der Waals surface area contributed by atoms with Crippen LogP contribution in [0.25, 0.3) is 0 Å². The van der Waals surface area contributed by atoms with Crippen LogP contribution in [0.15, 0.2) is 24.3 Å². The largest absolute Gasteiger partial charge is 0.483 e. The average molecular weight is 320 g/mol. The molecule has 1 aromatic rings. The van der Waals surface area contributed by atoms with E-state index in [9.17, 15) is 14.4 Å². The van der Waals surface area contributed by atoms with Crippen LogP contribution in [0.4, 0.5) is 0 Å². The molecule has 1 aliphatic carbocycles. The Morgan fingerprint density at radius 3 is 2.43 bits per heavy atom. The second kappa shape index (κ2) is 7.62. The summed E-state index contributed by atoms with van der Waals surface area (Å²) in [5.74, 6) is -1.73. The molecule has 0 spiro atoms. The quantitative estimate of drug-likeness (QED) is 0.720. The molecule has 23 heavy (non-hydrogen) atoms. The van der Waals surface area contributed by atoms with E-state index in [0.29, 0.717) is 37.0 Å². The Morgan fingerprint density at radius 1 is 1.17 bits per heavy atom. The van der Waals surface area contributed by atoms with Gasteiger partial charge in [0.2, 0.25) is 0 Å². The van der Waals surface area contributed by atoms with E-state index in [1.165, 1.54) is 0 Å². The SMILES string of the molecule is NC(=O)COc1ccccc1C(=O)NC1CCC(C(=O)O)CC1. The van der Waals surface area contributed by atoms with Crippen LogP contribution in [0.5, 0.6) is 5.75 Å². The topological polar surface area (TPSA) is 119 Å². The van der Waals surface area contributed by atoms with Crippen molar-refractivity contribution in [3.05, 3.63) is 29.8 Å². The molecule has 1 fully saturated rings. The minimum absolute atomic E-state index is 0.0534. The van der Waals surface area contributed by atoms with Crippen LogP contribution in [0.3, 0.4) is 0 Å². The number of carboxylic acid groups (broad SMARTS) is 1. The van der Waals surface area contributed by atoms with Gasteiger partial charge in [-0.3, -0.25) is 14.4 Å². The van der Waals surface area contributed by atoms with E-state index < -0.39 is 11.9 Å². The van der Waals surface area contributed by atoms with Crippen LogP contribution in [0, 0.1) is 5.92 Å². The molecule has 0 bridgehead atoms. The predicted octanol–water partition coefficient (Wildman–Crippen LogP) is 0.924.